The number of carbonyl (C=O) groups excluding carboxylic acids is 3. The van der Waals surface area contributed by atoms with E-state index in [4.69, 9.17) is 11.6 Å². The molecule has 1 atom stereocenters. The molecule has 2 aliphatic rings. The number of halogens is 2. The van der Waals surface area contributed by atoms with Crippen molar-refractivity contribution in [3.05, 3.63) is 34.9 Å². The highest BCUT2D eigenvalue weighted by Crippen LogP contribution is 2.25. The van der Waals surface area contributed by atoms with Gasteiger partial charge in [-0.2, -0.15) is 0 Å². The first-order valence-corrected chi connectivity index (χ1v) is 9.16. The Labute approximate surface area is 170 Å². The minimum Gasteiger partial charge on any atom is -0.333 e. The lowest BCUT2D eigenvalue weighted by Gasteiger charge is -2.37. The first kappa shape index (κ1) is 21.5. The molecule has 0 aromatic heterocycles. The van der Waals surface area contributed by atoms with E-state index in [0.29, 0.717) is 31.0 Å². The lowest BCUT2D eigenvalue weighted by atomic mass is 10.0. The molecule has 3 rings (SSSR count). The number of hydrogen-bond donors (Lipinski definition) is 1. The van der Waals surface area contributed by atoms with Crippen LogP contribution in [-0.4, -0.2) is 72.3 Å². The molecule has 1 N–H and O–H groups in total. The molecule has 0 radical (unpaired) electrons. The van der Waals surface area contributed by atoms with Crippen molar-refractivity contribution in [2.24, 2.45) is 0 Å². The summed E-state index contributed by atoms with van der Waals surface area (Å²) in [4.78, 5) is 40.9. The zero-order chi connectivity index (χ0) is 18.7. The number of carbonyl (C=O) groups is 3. The van der Waals surface area contributed by atoms with Crippen molar-refractivity contribution in [1.29, 1.82) is 0 Å². The van der Waals surface area contributed by atoms with Crippen molar-refractivity contribution >= 4 is 41.9 Å². The minimum atomic E-state index is -0.290. The quantitative estimate of drug-likeness (QED) is 0.746. The molecule has 2 aliphatic heterocycles. The van der Waals surface area contributed by atoms with E-state index in [0.717, 1.165) is 12.1 Å². The summed E-state index contributed by atoms with van der Waals surface area (Å²) in [5, 5.41) is 3.96. The fraction of sp³-hybridized carbons (Fsp3) is 0.500. The van der Waals surface area contributed by atoms with Crippen LogP contribution in [0.15, 0.2) is 24.3 Å². The number of urea groups is 1. The molecule has 2 fully saturated rings. The monoisotopic (exact) mass is 414 g/mol. The SMILES string of the molecule is CN1CC(=O)N(CCCC(=O)N2CCNCC2c2cccc(Cl)c2)C1=O.Cl. The maximum Gasteiger partial charge on any atom is 0.326 e. The molecule has 27 heavy (non-hydrogen) atoms. The Hall–Kier alpha value is -1.83. The predicted molar refractivity (Wildman–Crippen MR) is 105 cm³/mol. The average molecular weight is 415 g/mol. The molecule has 0 bridgehead atoms. The van der Waals surface area contributed by atoms with Crippen LogP contribution >= 0.6 is 24.0 Å². The van der Waals surface area contributed by atoms with Gasteiger partial charge in [-0.15, -0.1) is 12.4 Å². The zero-order valence-corrected chi connectivity index (χ0v) is 16.8. The summed E-state index contributed by atoms with van der Waals surface area (Å²) in [5.41, 5.74) is 1.00. The molecular formula is C18H24Cl2N4O3. The fourth-order valence-electron chi connectivity index (χ4n) is 3.44. The third-order valence-electron chi connectivity index (χ3n) is 4.80. The Morgan fingerprint density at radius 3 is 2.78 bits per heavy atom. The van der Waals surface area contributed by atoms with Gasteiger partial charge < -0.3 is 15.1 Å². The summed E-state index contributed by atoms with van der Waals surface area (Å²) in [6, 6.07) is 7.21. The summed E-state index contributed by atoms with van der Waals surface area (Å²) in [7, 11) is 1.60. The third-order valence-corrected chi connectivity index (χ3v) is 5.04. The molecule has 1 aromatic carbocycles. The molecule has 9 heteroatoms. The van der Waals surface area contributed by atoms with Crippen LogP contribution in [0, 0.1) is 0 Å². The summed E-state index contributed by atoms with van der Waals surface area (Å²) in [6.07, 6.45) is 0.772. The second-order valence-electron chi connectivity index (χ2n) is 6.65. The van der Waals surface area contributed by atoms with E-state index in [-0.39, 0.29) is 49.4 Å². The molecule has 1 unspecified atom stereocenters. The first-order chi connectivity index (χ1) is 12.5. The summed E-state index contributed by atoms with van der Waals surface area (Å²) < 4.78 is 0. The molecular weight excluding hydrogens is 391 g/mol. The molecule has 2 heterocycles. The normalized spacial score (nSPS) is 20.1. The fourth-order valence-corrected chi connectivity index (χ4v) is 3.63. The Morgan fingerprint density at radius 2 is 2.11 bits per heavy atom. The maximum absolute atomic E-state index is 12.7. The Bertz CT molecular complexity index is 716. The molecule has 0 saturated carbocycles. The average Bonchev–Trinajstić information content (AvgIpc) is 2.87. The van der Waals surface area contributed by atoms with Gasteiger partial charge in [0.05, 0.1) is 6.04 Å². The van der Waals surface area contributed by atoms with E-state index in [2.05, 4.69) is 5.32 Å². The standard InChI is InChI=1S/C18H23ClN4O3.ClH/c1-21-12-17(25)23(18(21)26)8-3-6-16(24)22-9-7-20-11-15(22)13-4-2-5-14(19)10-13;/h2,4-5,10,15,20H,3,6-9,11-12H2,1H3;1H. The van der Waals surface area contributed by atoms with Gasteiger partial charge in [0.1, 0.15) is 6.54 Å². The number of hydrogen-bond acceptors (Lipinski definition) is 4. The molecule has 0 spiro atoms. The van der Waals surface area contributed by atoms with Crippen molar-refractivity contribution in [1.82, 2.24) is 20.0 Å². The maximum atomic E-state index is 12.7. The molecule has 7 nitrogen and oxygen atoms in total. The summed E-state index contributed by atoms with van der Waals surface area (Å²) in [5.74, 6) is -0.173. The van der Waals surface area contributed by atoms with Gasteiger partial charge in [0.2, 0.25) is 11.8 Å². The Morgan fingerprint density at radius 1 is 1.33 bits per heavy atom. The van der Waals surface area contributed by atoms with Gasteiger partial charge in [0, 0.05) is 44.7 Å². The Kier molecular flexibility index (Phi) is 7.47. The summed E-state index contributed by atoms with van der Waals surface area (Å²) >= 11 is 6.09. The molecule has 0 aliphatic carbocycles. The predicted octanol–water partition coefficient (Wildman–Crippen LogP) is 1.91. The van der Waals surface area contributed by atoms with E-state index in [1.165, 1.54) is 9.80 Å². The second-order valence-corrected chi connectivity index (χ2v) is 7.09. The van der Waals surface area contributed by atoms with E-state index >= 15 is 0 Å². The number of likely N-dealkylation sites (N-methyl/N-ethyl adjacent to an activating group) is 1. The van der Waals surface area contributed by atoms with Gasteiger partial charge in [-0.25, -0.2) is 4.79 Å². The van der Waals surface area contributed by atoms with Crippen LogP contribution in [0.2, 0.25) is 5.02 Å². The largest absolute Gasteiger partial charge is 0.333 e. The number of nitrogens with one attached hydrogen (secondary N) is 1. The minimum absolute atomic E-state index is 0. The molecule has 1 aromatic rings. The van der Waals surface area contributed by atoms with Gasteiger partial charge in [0.25, 0.3) is 0 Å². The highest BCUT2D eigenvalue weighted by Gasteiger charge is 2.33. The van der Waals surface area contributed by atoms with Gasteiger partial charge >= 0.3 is 6.03 Å². The van der Waals surface area contributed by atoms with Crippen LogP contribution in [0.25, 0.3) is 0 Å². The van der Waals surface area contributed by atoms with Crippen molar-refractivity contribution in [2.75, 3.05) is 39.8 Å². The summed E-state index contributed by atoms with van der Waals surface area (Å²) in [6.45, 7) is 2.44. The number of piperazine rings is 1. The van der Waals surface area contributed by atoms with Crippen LogP contribution in [-0.2, 0) is 9.59 Å². The number of nitrogens with zero attached hydrogens (tertiary/aromatic N) is 3. The number of imide groups is 1. The van der Waals surface area contributed by atoms with Crippen molar-refractivity contribution < 1.29 is 14.4 Å². The van der Waals surface area contributed by atoms with E-state index in [9.17, 15) is 14.4 Å². The Balaban J connectivity index is 0.00000261. The van der Waals surface area contributed by atoms with Gasteiger partial charge in [-0.1, -0.05) is 23.7 Å². The number of amides is 4. The van der Waals surface area contributed by atoms with Crippen molar-refractivity contribution in [3.8, 4) is 0 Å². The lowest BCUT2D eigenvalue weighted by Crippen LogP contribution is -2.48. The zero-order valence-electron chi connectivity index (χ0n) is 15.2. The topological polar surface area (TPSA) is 73.0 Å². The molecule has 2 saturated heterocycles. The van der Waals surface area contributed by atoms with Gasteiger partial charge in [0.15, 0.2) is 0 Å². The van der Waals surface area contributed by atoms with E-state index < -0.39 is 0 Å². The van der Waals surface area contributed by atoms with Gasteiger partial charge in [-0.3, -0.25) is 14.5 Å². The van der Waals surface area contributed by atoms with Crippen LogP contribution in [0.4, 0.5) is 4.79 Å². The van der Waals surface area contributed by atoms with Crippen LogP contribution in [0.3, 0.4) is 0 Å². The van der Waals surface area contributed by atoms with Crippen LogP contribution in [0.5, 0.6) is 0 Å². The first-order valence-electron chi connectivity index (χ1n) is 8.78. The lowest BCUT2D eigenvalue weighted by molar-refractivity contribution is -0.135. The van der Waals surface area contributed by atoms with Crippen molar-refractivity contribution in [3.63, 3.8) is 0 Å². The number of benzene rings is 1. The number of rotatable bonds is 5. The highest BCUT2D eigenvalue weighted by atomic mass is 35.5. The third kappa shape index (κ3) is 4.91. The van der Waals surface area contributed by atoms with E-state index in [1.54, 1.807) is 7.05 Å². The van der Waals surface area contributed by atoms with Gasteiger partial charge in [-0.05, 0) is 24.1 Å². The molecule has 148 valence electrons. The smallest absolute Gasteiger partial charge is 0.326 e. The van der Waals surface area contributed by atoms with Crippen LogP contribution in [0.1, 0.15) is 24.4 Å². The van der Waals surface area contributed by atoms with E-state index in [1.807, 2.05) is 29.2 Å². The second kappa shape index (κ2) is 9.39. The van der Waals surface area contributed by atoms with Crippen LogP contribution < -0.4 is 5.32 Å². The molecule has 4 amide bonds. The van der Waals surface area contributed by atoms with Crippen molar-refractivity contribution in [2.45, 2.75) is 18.9 Å². The highest BCUT2D eigenvalue weighted by molar-refractivity contribution is 6.30.